The molecule has 0 saturated carbocycles. The first kappa shape index (κ1) is 9.70. The monoisotopic (exact) mass is 216 g/mol. The van der Waals surface area contributed by atoms with Crippen LogP contribution < -0.4 is 0 Å². The van der Waals surface area contributed by atoms with Crippen LogP contribution in [0.25, 0.3) is 0 Å². The number of H-pyrrole nitrogens is 1. The van der Waals surface area contributed by atoms with E-state index in [9.17, 15) is 13.5 Å². The Labute approximate surface area is 82.4 Å². The zero-order valence-corrected chi connectivity index (χ0v) is 8.58. The lowest BCUT2D eigenvalue weighted by atomic mass is 10.0. The minimum absolute atomic E-state index is 0.167. The topological polar surface area (TPSA) is 73.4 Å². The van der Waals surface area contributed by atoms with Crippen molar-refractivity contribution in [2.75, 3.05) is 13.1 Å². The fraction of sp³-hybridized carbons (Fsp3) is 0.500. The third kappa shape index (κ3) is 1.45. The SMILES string of the molecule is CC1(O)CN(S(=O)(=O)c2cc[nH]c2)C1. The summed E-state index contributed by atoms with van der Waals surface area (Å²) in [5.74, 6) is 0. The van der Waals surface area contributed by atoms with Crippen molar-refractivity contribution in [3.05, 3.63) is 18.5 Å². The fourth-order valence-corrected chi connectivity index (χ4v) is 3.15. The van der Waals surface area contributed by atoms with E-state index in [-0.39, 0.29) is 18.0 Å². The van der Waals surface area contributed by atoms with Gasteiger partial charge in [0.1, 0.15) is 0 Å². The summed E-state index contributed by atoms with van der Waals surface area (Å²) in [5, 5.41) is 9.43. The number of hydrogen-bond donors (Lipinski definition) is 2. The Hall–Kier alpha value is -0.850. The second-order valence-corrected chi connectivity index (χ2v) is 5.75. The van der Waals surface area contributed by atoms with Gasteiger partial charge in [-0.15, -0.1) is 0 Å². The molecule has 1 aliphatic heterocycles. The number of sulfonamides is 1. The lowest BCUT2D eigenvalue weighted by molar-refractivity contribution is -0.0426. The molecular formula is C8H12N2O3S. The Bertz CT molecular complexity index is 413. The molecule has 78 valence electrons. The molecule has 1 aromatic heterocycles. The van der Waals surface area contributed by atoms with Gasteiger partial charge in [-0.3, -0.25) is 0 Å². The Morgan fingerprint density at radius 2 is 2.21 bits per heavy atom. The van der Waals surface area contributed by atoms with Crippen molar-refractivity contribution in [3.63, 3.8) is 0 Å². The number of nitrogens with zero attached hydrogens (tertiary/aromatic N) is 1. The lowest BCUT2D eigenvalue weighted by Gasteiger charge is -2.42. The number of β-amino-alcohol motifs (C(OH)–C–C–N with tert-alkyl or cyclic N) is 1. The summed E-state index contributed by atoms with van der Waals surface area (Å²) in [6.07, 6.45) is 2.99. The molecule has 0 spiro atoms. The van der Waals surface area contributed by atoms with Crippen molar-refractivity contribution in [2.24, 2.45) is 0 Å². The van der Waals surface area contributed by atoms with E-state index in [1.54, 1.807) is 13.1 Å². The smallest absolute Gasteiger partial charge is 0.244 e. The second kappa shape index (κ2) is 2.82. The van der Waals surface area contributed by atoms with E-state index in [2.05, 4.69) is 4.98 Å². The molecule has 0 aromatic carbocycles. The number of aliphatic hydroxyl groups is 1. The minimum Gasteiger partial charge on any atom is -0.387 e. The lowest BCUT2D eigenvalue weighted by Crippen LogP contribution is -2.61. The van der Waals surface area contributed by atoms with Crippen LogP contribution in [0.3, 0.4) is 0 Å². The molecule has 1 fully saturated rings. The van der Waals surface area contributed by atoms with Crippen molar-refractivity contribution < 1.29 is 13.5 Å². The predicted molar refractivity (Wildman–Crippen MR) is 50.2 cm³/mol. The van der Waals surface area contributed by atoms with Crippen LogP contribution in [0.15, 0.2) is 23.4 Å². The van der Waals surface area contributed by atoms with Gasteiger partial charge in [-0.05, 0) is 13.0 Å². The summed E-state index contributed by atoms with van der Waals surface area (Å²) in [4.78, 5) is 2.93. The van der Waals surface area contributed by atoms with Crippen LogP contribution >= 0.6 is 0 Å². The van der Waals surface area contributed by atoms with Crippen molar-refractivity contribution in [2.45, 2.75) is 17.4 Å². The molecule has 1 saturated heterocycles. The third-order valence-corrected chi connectivity index (χ3v) is 4.03. The Balaban J connectivity index is 2.21. The number of rotatable bonds is 2. The normalized spacial score (nSPS) is 21.9. The molecule has 6 heteroatoms. The molecule has 14 heavy (non-hydrogen) atoms. The average Bonchev–Trinajstić information content (AvgIpc) is 2.51. The highest BCUT2D eigenvalue weighted by atomic mass is 32.2. The summed E-state index contributed by atoms with van der Waals surface area (Å²) in [6, 6.07) is 1.50. The standard InChI is InChI=1S/C8H12N2O3S/c1-8(11)5-10(6-8)14(12,13)7-2-3-9-4-7/h2-4,9,11H,5-6H2,1H3. The summed E-state index contributed by atoms with van der Waals surface area (Å²) in [6.45, 7) is 1.96. The quantitative estimate of drug-likeness (QED) is 0.717. The molecule has 0 radical (unpaired) electrons. The molecule has 0 atom stereocenters. The molecule has 0 aliphatic carbocycles. The Kier molecular flexibility index (Phi) is 1.95. The third-order valence-electron chi connectivity index (χ3n) is 2.24. The van der Waals surface area contributed by atoms with Crippen LogP contribution in [0.1, 0.15) is 6.92 Å². The van der Waals surface area contributed by atoms with Gasteiger partial charge in [0.15, 0.2) is 0 Å². The van der Waals surface area contributed by atoms with Crippen molar-refractivity contribution in [3.8, 4) is 0 Å². The van der Waals surface area contributed by atoms with Gasteiger partial charge in [0.2, 0.25) is 10.0 Å². The molecule has 0 amide bonds. The van der Waals surface area contributed by atoms with Gasteiger partial charge < -0.3 is 10.1 Å². The summed E-state index contributed by atoms with van der Waals surface area (Å²) in [7, 11) is -3.39. The molecule has 0 bridgehead atoms. The van der Waals surface area contributed by atoms with Crippen LogP contribution in [0.2, 0.25) is 0 Å². The number of aromatic amines is 1. The van der Waals surface area contributed by atoms with Gasteiger partial charge in [-0.2, -0.15) is 4.31 Å². The first-order chi connectivity index (χ1) is 6.42. The van der Waals surface area contributed by atoms with Gasteiger partial charge in [0.05, 0.1) is 10.5 Å². The van der Waals surface area contributed by atoms with E-state index in [1.165, 1.54) is 16.6 Å². The molecular weight excluding hydrogens is 204 g/mol. The maximum Gasteiger partial charge on any atom is 0.244 e. The Morgan fingerprint density at radius 3 is 2.64 bits per heavy atom. The van der Waals surface area contributed by atoms with E-state index in [4.69, 9.17) is 0 Å². The van der Waals surface area contributed by atoms with Gasteiger partial charge >= 0.3 is 0 Å². The van der Waals surface area contributed by atoms with Crippen molar-refractivity contribution in [1.82, 2.24) is 9.29 Å². The zero-order valence-electron chi connectivity index (χ0n) is 7.77. The van der Waals surface area contributed by atoms with Crippen LogP contribution in [-0.2, 0) is 10.0 Å². The van der Waals surface area contributed by atoms with Crippen LogP contribution in [0.5, 0.6) is 0 Å². The largest absolute Gasteiger partial charge is 0.387 e. The maximum absolute atomic E-state index is 11.8. The van der Waals surface area contributed by atoms with Crippen molar-refractivity contribution >= 4 is 10.0 Å². The zero-order chi connectivity index (χ0) is 10.4. The van der Waals surface area contributed by atoms with Crippen LogP contribution in [0.4, 0.5) is 0 Å². The van der Waals surface area contributed by atoms with Crippen LogP contribution in [-0.4, -0.2) is 41.5 Å². The predicted octanol–water partition coefficient (Wildman–Crippen LogP) is -0.230. The molecule has 1 aromatic rings. The Morgan fingerprint density at radius 1 is 1.57 bits per heavy atom. The fourth-order valence-electron chi connectivity index (χ4n) is 1.50. The molecule has 5 nitrogen and oxygen atoms in total. The number of nitrogens with one attached hydrogen (secondary N) is 1. The van der Waals surface area contributed by atoms with Gasteiger partial charge in [0.25, 0.3) is 0 Å². The first-order valence-corrected chi connectivity index (χ1v) is 5.71. The summed E-state index contributed by atoms with van der Waals surface area (Å²) < 4.78 is 24.8. The molecule has 1 aliphatic rings. The molecule has 2 rings (SSSR count). The minimum atomic E-state index is -3.39. The highest BCUT2D eigenvalue weighted by Gasteiger charge is 2.43. The van der Waals surface area contributed by atoms with Gasteiger partial charge in [0, 0.05) is 25.5 Å². The highest BCUT2D eigenvalue weighted by Crippen LogP contribution is 2.27. The average molecular weight is 216 g/mol. The maximum atomic E-state index is 11.8. The molecule has 2 N–H and O–H groups in total. The first-order valence-electron chi connectivity index (χ1n) is 4.27. The summed E-state index contributed by atoms with van der Waals surface area (Å²) >= 11 is 0. The summed E-state index contributed by atoms with van der Waals surface area (Å²) in [5.41, 5.74) is -0.872. The van der Waals surface area contributed by atoms with Gasteiger partial charge in [-0.25, -0.2) is 8.42 Å². The second-order valence-electron chi connectivity index (χ2n) is 3.82. The van der Waals surface area contributed by atoms with Crippen LogP contribution in [0, 0.1) is 0 Å². The number of aromatic nitrogens is 1. The molecule has 0 unspecified atom stereocenters. The highest BCUT2D eigenvalue weighted by molar-refractivity contribution is 7.89. The van der Waals surface area contributed by atoms with Crippen molar-refractivity contribution in [1.29, 1.82) is 0 Å². The van der Waals surface area contributed by atoms with E-state index in [1.807, 2.05) is 0 Å². The van der Waals surface area contributed by atoms with E-state index in [0.29, 0.717) is 0 Å². The van der Waals surface area contributed by atoms with E-state index >= 15 is 0 Å². The van der Waals surface area contributed by atoms with E-state index in [0.717, 1.165) is 0 Å². The molecule has 2 heterocycles. The van der Waals surface area contributed by atoms with Gasteiger partial charge in [-0.1, -0.05) is 0 Å². The van der Waals surface area contributed by atoms with E-state index < -0.39 is 15.6 Å². The number of hydrogen-bond acceptors (Lipinski definition) is 3.